The number of unbranched alkanes of at least 4 members (excludes halogenated alkanes) is 31. The van der Waals surface area contributed by atoms with E-state index in [9.17, 15) is 14.4 Å². The summed E-state index contributed by atoms with van der Waals surface area (Å²) in [6.07, 6.45) is 80.4. The van der Waals surface area contributed by atoms with Crippen molar-refractivity contribution in [3.05, 3.63) is 85.1 Å². The predicted molar refractivity (Wildman–Crippen MR) is 316 cm³/mol. The number of rotatable bonds is 56. The van der Waals surface area contributed by atoms with Gasteiger partial charge in [0.05, 0.1) is 0 Å². The average molecular weight is 1020 g/mol. The lowest BCUT2D eigenvalue weighted by Gasteiger charge is -2.18. The molecule has 0 heterocycles. The van der Waals surface area contributed by atoms with Crippen molar-refractivity contribution in [3.8, 4) is 0 Å². The minimum atomic E-state index is -0.776. The Morgan fingerprint density at radius 1 is 0.288 bits per heavy atom. The number of allylic oxidation sites excluding steroid dienone is 14. The summed E-state index contributed by atoms with van der Waals surface area (Å²) in [6, 6.07) is 0. The first-order valence-electron chi connectivity index (χ1n) is 31.1. The molecule has 0 bridgehead atoms. The molecule has 73 heavy (non-hydrogen) atoms. The number of esters is 3. The Hall–Kier alpha value is -3.41. The van der Waals surface area contributed by atoms with Gasteiger partial charge >= 0.3 is 17.9 Å². The van der Waals surface area contributed by atoms with Crippen LogP contribution in [0.3, 0.4) is 0 Å². The van der Waals surface area contributed by atoms with E-state index in [2.05, 4.69) is 106 Å². The first kappa shape index (κ1) is 69.6. The van der Waals surface area contributed by atoms with E-state index in [0.717, 1.165) is 109 Å². The van der Waals surface area contributed by atoms with Gasteiger partial charge in [-0.25, -0.2) is 0 Å². The van der Waals surface area contributed by atoms with E-state index in [-0.39, 0.29) is 31.1 Å². The highest BCUT2D eigenvalue weighted by atomic mass is 16.6. The normalized spacial score (nSPS) is 12.6. The monoisotopic (exact) mass is 1020 g/mol. The van der Waals surface area contributed by atoms with Gasteiger partial charge in [-0.15, -0.1) is 0 Å². The molecule has 0 fully saturated rings. The number of carbonyl (C=O) groups excluding carboxylic acids is 3. The Labute approximate surface area is 452 Å². The van der Waals surface area contributed by atoms with Crippen LogP contribution in [-0.2, 0) is 28.6 Å². The summed E-state index contributed by atoms with van der Waals surface area (Å²) in [5, 5.41) is 0. The highest BCUT2D eigenvalue weighted by molar-refractivity contribution is 5.71. The molecule has 1 atom stereocenters. The summed E-state index contributed by atoms with van der Waals surface area (Å²) in [5.74, 6) is -0.881. The van der Waals surface area contributed by atoms with Crippen LogP contribution in [0.5, 0.6) is 0 Å². The lowest BCUT2D eigenvalue weighted by Crippen LogP contribution is -2.30. The zero-order valence-electron chi connectivity index (χ0n) is 48.1. The third-order valence-corrected chi connectivity index (χ3v) is 13.4. The third-order valence-electron chi connectivity index (χ3n) is 13.4. The second-order valence-electron chi connectivity index (χ2n) is 20.6. The van der Waals surface area contributed by atoms with Gasteiger partial charge < -0.3 is 14.2 Å². The maximum atomic E-state index is 12.8. The highest BCUT2D eigenvalue weighted by Gasteiger charge is 2.19. The lowest BCUT2D eigenvalue weighted by molar-refractivity contribution is -0.167. The Kier molecular flexibility index (Phi) is 58.3. The Morgan fingerprint density at radius 3 is 0.849 bits per heavy atom. The van der Waals surface area contributed by atoms with Crippen molar-refractivity contribution in [2.24, 2.45) is 0 Å². The molecule has 0 saturated heterocycles. The molecule has 0 amide bonds. The molecule has 0 aliphatic carbocycles. The maximum Gasteiger partial charge on any atom is 0.306 e. The smallest absolute Gasteiger partial charge is 0.306 e. The molecule has 0 aliphatic heterocycles. The van der Waals surface area contributed by atoms with Gasteiger partial charge in [-0.1, -0.05) is 273 Å². The molecule has 6 heteroatoms. The number of carbonyl (C=O) groups is 3. The summed E-state index contributed by atoms with van der Waals surface area (Å²) >= 11 is 0. The fourth-order valence-corrected chi connectivity index (χ4v) is 8.74. The van der Waals surface area contributed by atoms with E-state index < -0.39 is 6.10 Å². The van der Waals surface area contributed by atoms with Gasteiger partial charge in [0.25, 0.3) is 0 Å². The van der Waals surface area contributed by atoms with Crippen molar-refractivity contribution >= 4 is 17.9 Å². The second kappa shape index (κ2) is 61.1. The highest BCUT2D eigenvalue weighted by Crippen LogP contribution is 2.16. The van der Waals surface area contributed by atoms with Crippen LogP contribution in [0.4, 0.5) is 0 Å². The number of hydrogen-bond donors (Lipinski definition) is 0. The Balaban J connectivity index is 4.06. The van der Waals surface area contributed by atoms with Crippen LogP contribution in [0.15, 0.2) is 85.1 Å². The van der Waals surface area contributed by atoms with Crippen LogP contribution in [0.2, 0.25) is 0 Å². The maximum absolute atomic E-state index is 12.8. The van der Waals surface area contributed by atoms with Crippen molar-refractivity contribution in [2.75, 3.05) is 13.2 Å². The van der Waals surface area contributed by atoms with E-state index >= 15 is 0 Å². The van der Waals surface area contributed by atoms with Gasteiger partial charge in [-0.2, -0.15) is 0 Å². The molecule has 0 saturated carbocycles. The molecular formula is C67H116O6. The van der Waals surface area contributed by atoms with Crippen molar-refractivity contribution in [3.63, 3.8) is 0 Å². The van der Waals surface area contributed by atoms with Crippen LogP contribution in [-0.4, -0.2) is 37.2 Å². The molecular weight excluding hydrogens is 901 g/mol. The molecule has 0 aromatic heterocycles. The largest absolute Gasteiger partial charge is 0.462 e. The third kappa shape index (κ3) is 59.3. The van der Waals surface area contributed by atoms with E-state index in [1.165, 1.54) is 154 Å². The Morgan fingerprint density at radius 2 is 0.534 bits per heavy atom. The van der Waals surface area contributed by atoms with Gasteiger partial charge in [0.2, 0.25) is 0 Å². The molecule has 0 aliphatic rings. The van der Waals surface area contributed by atoms with Gasteiger partial charge in [0, 0.05) is 19.3 Å². The van der Waals surface area contributed by atoms with Gasteiger partial charge in [-0.3, -0.25) is 14.4 Å². The molecule has 0 aromatic carbocycles. The van der Waals surface area contributed by atoms with Gasteiger partial charge in [-0.05, 0) is 96.3 Å². The molecule has 0 aromatic rings. The summed E-state index contributed by atoms with van der Waals surface area (Å²) < 4.78 is 16.8. The fraction of sp³-hybridized carbons (Fsp3) is 0.746. The van der Waals surface area contributed by atoms with E-state index in [0.29, 0.717) is 19.3 Å². The SMILES string of the molecule is CC/C=C\C/C=C\C/C=C\C/C=C\C/C=C\C/C=C\CCCCCCCCCCCCCCCCC(=O)OCC(COC(=O)CCCCCCCCCC)OC(=O)CCCCCCC/C=C\CCCCCCC. The zero-order valence-corrected chi connectivity index (χ0v) is 48.1. The van der Waals surface area contributed by atoms with Crippen LogP contribution in [0.1, 0.15) is 303 Å². The van der Waals surface area contributed by atoms with Crippen LogP contribution >= 0.6 is 0 Å². The predicted octanol–water partition coefficient (Wildman–Crippen LogP) is 21.1. The standard InChI is InChI=1S/C67H116O6/c1-4-7-10-13-16-19-21-23-25-26-27-28-29-30-31-32-33-34-35-36-37-38-39-40-41-42-43-45-46-48-51-54-57-60-66(69)72-63-64(62-71-65(68)59-56-53-50-18-15-12-9-6-3)73-67(70)61-58-55-52-49-47-44-24-22-20-17-14-11-8-5-2/h7,10,16,19,22-25,27-28,30-31,33-34,64H,4-6,8-9,11-15,17-18,20-21,26,29,32,35-63H2,1-3H3/b10-7-,19-16-,24-22-,25-23-,28-27-,31-30-,34-33-. The van der Waals surface area contributed by atoms with Crippen LogP contribution in [0, 0.1) is 0 Å². The topological polar surface area (TPSA) is 78.9 Å². The fourth-order valence-electron chi connectivity index (χ4n) is 8.74. The minimum Gasteiger partial charge on any atom is -0.462 e. The minimum absolute atomic E-state index is 0.0759. The summed E-state index contributed by atoms with van der Waals surface area (Å²) in [6.45, 7) is 6.50. The molecule has 6 nitrogen and oxygen atoms in total. The van der Waals surface area contributed by atoms with Crippen molar-refractivity contribution in [2.45, 2.75) is 309 Å². The number of ether oxygens (including phenoxy) is 3. The van der Waals surface area contributed by atoms with Crippen molar-refractivity contribution in [1.29, 1.82) is 0 Å². The quantitative estimate of drug-likeness (QED) is 0.0261. The zero-order chi connectivity index (χ0) is 52.9. The molecule has 1 unspecified atom stereocenters. The summed E-state index contributed by atoms with van der Waals surface area (Å²) in [7, 11) is 0. The average Bonchev–Trinajstić information content (AvgIpc) is 3.39. The van der Waals surface area contributed by atoms with E-state index in [1.807, 2.05) is 0 Å². The molecule has 0 radical (unpaired) electrons. The van der Waals surface area contributed by atoms with Crippen molar-refractivity contribution in [1.82, 2.24) is 0 Å². The second-order valence-corrected chi connectivity index (χ2v) is 20.6. The Bertz CT molecular complexity index is 1400. The van der Waals surface area contributed by atoms with Crippen LogP contribution in [0.25, 0.3) is 0 Å². The van der Waals surface area contributed by atoms with Gasteiger partial charge in [0.15, 0.2) is 6.10 Å². The molecule has 0 N–H and O–H groups in total. The number of hydrogen-bond acceptors (Lipinski definition) is 6. The lowest BCUT2D eigenvalue weighted by atomic mass is 10.0. The first-order chi connectivity index (χ1) is 36.0. The summed E-state index contributed by atoms with van der Waals surface area (Å²) in [5.41, 5.74) is 0. The first-order valence-corrected chi connectivity index (χ1v) is 31.1. The summed E-state index contributed by atoms with van der Waals surface area (Å²) in [4.78, 5) is 38.0. The molecule has 0 rings (SSSR count). The van der Waals surface area contributed by atoms with Crippen molar-refractivity contribution < 1.29 is 28.6 Å². The molecule has 0 spiro atoms. The molecule has 420 valence electrons. The van der Waals surface area contributed by atoms with E-state index in [4.69, 9.17) is 14.2 Å². The van der Waals surface area contributed by atoms with Crippen LogP contribution < -0.4 is 0 Å². The van der Waals surface area contributed by atoms with Gasteiger partial charge in [0.1, 0.15) is 13.2 Å². The van der Waals surface area contributed by atoms with E-state index in [1.54, 1.807) is 0 Å².